The zero-order chi connectivity index (χ0) is 55.7. The second-order valence-corrected chi connectivity index (χ2v) is 22.7. The minimum Gasteiger partial charge on any atom is -0.462 e. The van der Waals surface area contributed by atoms with E-state index in [1.807, 2.05) is 0 Å². The normalized spacial score (nSPS) is 12.4. The molecular weight excluding hydrogens is 949 g/mol. The summed E-state index contributed by atoms with van der Waals surface area (Å²) in [5.74, 6) is -0.858. The average molecular weight is 1080 g/mol. The van der Waals surface area contributed by atoms with Gasteiger partial charge in [-0.15, -0.1) is 0 Å². The number of ether oxygens (including phenoxy) is 3. The fraction of sp³-hybridized carbons (Fsp3) is 0.817. The maximum absolute atomic E-state index is 12.9. The Morgan fingerprint density at radius 1 is 0.273 bits per heavy atom. The van der Waals surface area contributed by atoms with E-state index in [-0.39, 0.29) is 31.1 Å². The Balaban J connectivity index is 4.26. The van der Waals surface area contributed by atoms with Crippen LogP contribution in [0.1, 0.15) is 355 Å². The van der Waals surface area contributed by atoms with Gasteiger partial charge in [0.25, 0.3) is 0 Å². The second kappa shape index (κ2) is 65.6. The van der Waals surface area contributed by atoms with Gasteiger partial charge in [0.05, 0.1) is 0 Å². The summed E-state index contributed by atoms with van der Waals surface area (Å²) < 4.78 is 17.0. The predicted molar refractivity (Wildman–Crippen MR) is 335 cm³/mol. The quantitative estimate of drug-likeness (QED) is 0.0261. The van der Waals surface area contributed by atoms with Gasteiger partial charge in [-0.1, -0.05) is 313 Å². The first-order valence-corrected chi connectivity index (χ1v) is 33.8. The molecule has 0 saturated carbocycles. The maximum Gasteiger partial charge on any atom is 0.306 e. The molecule has 448 valence electrons. The second-order valence-electron chi connectivity index (χ2n) is 22.7. The summed E-state index contributed by atoms with van der Waals surface area (Å²) in [6, 6.07) is 0. The first kappa shape index (κ1) is 74.1. The smallest absolute Gasteiger partial charge is 0.306 e. The van der Waals surface area contributed by atoms with Gasteiger partial charge in [-0.05, 0) is 83.5 Å². The Bertz CT molecular complexity index is 1380. The van der Waals surface area contributed by atoms with Crippen molar-refractivity contribution in [3.05, 3.63) is 60.8 Å². The fourth-order valence-electron chi connectivity index (χ4n) is 9.96. The molecule has 0 aromatic carbocycles. The molecule has 0 aliphatic heterocycles. The van der Waals surface area contributed by atoms with Crippen molar-refractivity contribution in [1.82, 2.24) is 0 Å². The lowest BCUT2D eigenvalue weighted by Gasteiger charge is -2.18. The minimum absolute atomic E-state index is 0.0725. The van der Waals surface area contributed by atoms with Gasteiger partial charge in [-0.3, -0.25) is 14.4 Å². The van der Waals surface area contributed by atoms with Crippen molar-refractivity contribution in [3.63, 3.8) is 0 Å². The van der Waals surface area contributed by atoms with E-state index in [0.29, 0.717) is 19.3 Å². The van der Waals surface area contributed by atoms with Crippen LogP contribution in [0, 0.1) is 0 Å². The third kappa shape index (κ3) is 63.8. The summed E-state index contributed by atoms with van der Waals surface area (Å²) in [6.45, 7) is 6.58. The molecule has 0 aromatic rings. The highest BCUT2D eigenvalue weighted by Gasteiger charge is 2.19. The standard InChI is InChI=1S/C71H128O6/c1-4-7-10-13-16-19-22-25-28-31-32-33-34-35-36-37-38-39-40-41-44-46-49-52-55-58-61-64-70(73)76-67-68(77-71(74)65-62-59-56-53-50-47-43-30-27-24-21-18-15-12-9-6-3)66-75-69(72)63-60-57-54-51-48-45-42-29-26-23-20-17-14-11-8-5-2/h7,10,16,19,25,28,30,32-33,43,68H,4-6,8-9,11-15,17-18,20-24,26-27,29,31,34-42,44-67H2,1-3H3/b10-7-,19-16-,28-25-,33-32-,43-30-. The van der Waals surface area contributed by atoms with E-state index in [1.165, 1.54) is 225 Å². The van der Waals surface area contributed by atoms with E-state index in [0.717, 1.165) is 89.9 Å². The molecule has 1 atom stereocenters. The Morgan fingerprint density at radius 3 is 0.805 bits per heavy atom. The third-order valence-corrected chi connectivity index (χ3v) is 15.0. The third-order valence-electron chi connectivity index (χ3n) is 15.0. The molecule has 0 aliphatic rings. The number of hydrogen-bond donors (Lipinski definition) is 0. The van der Waals surface area contributed by atoms with Crippen molar-refractivity contribution in [2.45, 2.75) is 361 Å². The summed E-state index contributed by atoms with van der Waals surface area (Å²) in [7, 11) is 0. The van der Waals surface area contributed by atoms with Crippen LogP contribution >= 0.6 is 0 Å². The van der Waals surface area contributed by atoms with Crippen LogP contribution in [0.25, 0.3) is 0 Å². The number of allylic oxidation sites excluding steroid dienone is 10. The maximum atomic E-state index is 12.9. The number of esters is 3. The summed E-state index contributed by atoms with van der Waals surface area (Å²) in [5, 5.41) is 0. The van der Waals surface area contributed by atoms with Crippen LogP contribution < -0.4 is 0 Å². The van der Waals surface area contributed by atoms with Crippen molar-refractivity contribution in [2.24, 2.45) is 0 Å². The molecular formula is C71H128O6. The summed E-state index contributed by atoms with van der Waals surface area (Å²) in [6.07, 6.45) is 83.8. The molecule has 0 heterocycles. The lowest BCUT2D eigenvalue weighted by Crippen LogP contribution is -2.30. The molecule has 0 amide bonds. The van der Waals surface area contributed by atoms with Gasteiger partial charge >= 0.3 is 17.9 Å². The number of carbonyl (C=O) groups excluding carboxylic acids is 3. The lowest BCUT2D eigenvalue weighted by atomic mass is 10.0. The van der Waals surface area contributed by atoms with E-state index < -0.39 is 6.10 Å². The van der Waals surface area contributed by atoms with Crippen LogP contribution in [-0.2, 0) is 28.6 Å². The van der Waals surface area contributed by atoms with Gasteiger partial charge < -0.3 is 14.2 Å². The summed E-state index contributed by atoms with van der Waals surface area (Å²) >= 11 is 0. The van der Waals surface area contributed by atoms with Gasteiger partial charge in [0, 0.05) is 19.3 Å². The molecule has 0 N–H and O–H groups in total. The van der Waals surface area contributed by atoms with E-state index in [2.05, 4.69) is 81.5 Å². The molecule has 77 heavy (non-hydrogen) atoms. The minimum atomic E-state index is -0.777. The van der Waals surface area contributed by atoms with Crippen molar-refractivity contribution in [1.29, 1.82) is 0 Å². The number of rotatable bonds is 62. The zero-order valence-corrected chi connectivity index (χ0v) is 51.5. The predicted octanol–water partition coefficient (Wildman–Crippen LogP) is 23.1. The van der Waals surface area contributed by atoms with Gasteiger partial charge in [0.1, 0.15) is 13.2 Å². The highest BCUT2D eigenvalue weighted by atomic mass is 16.6. The average Bonchev–Trinajstić information content (AvgIpc) is 3.43. The molecule has 0 saturated heterocycles. The summed E-state index contributed by atoms with van der Waals surface area (Å²) in [4.78, 5) is 38.4. The fourth-order valence-corrected chi connectivity index (χ4v) is 9.96. The van der Waals surface area contributed by atoms with Crippen LogP contribution in [-0.4, -0.2) is 37.2 Å². The Morgan fingerprint density at radius 2 is 0.506 bits per heavy atom. The van der Waals surface area contributed by atoms with E-state index in [4.69, 9.17) is 14.2 Å². The molecule has 0 aliphatic carbocycles. The molecule has 0 fully saturated rings. The van der Waals surface area contributed by atoms with Crippen LogP contribution in [0.2, 0.25) is 0 Å². The topological polar surface area (TPSA) is 78.9 Å². The van der Waals surface area contributed by atoms with Crippen LogP contribution in [0.5, 0.6) is 0 Å². The zero-order valence-electron chi connectivity index (χ0n) is 51.5. The SMILES string of the molecule is CC/C=C\C/C=C\C/C=C\C/C=C\CCCCCCCCCCCCCCCCC(=O)OCC(COC(=O)CCCCCCCCCCCCCCCCCC)OC(=O)CCCCCCC/C=C\CCCCCCCCC. The first-order valence-electron chi connectivity index (χ1n) is 33.8. The first-order chi connectivity index (χ1) is 38.0. The van der Waals surface area contributed by atoms with Crippen molar-refractivity contribution in [3.8, 4) is 0 Å². The molecule has 0 bridgehead atoms. The number of unbranched alkanes of at least 4 members (excludes halogenated alkanes) is 41. The monoisotopic (exact) mass is 1080 g/mol. The highest BCUT2D eigenvalue weighted by Crippen LogP contribution is 2.18. The van der Waals surface area contributed by atoms with Gasteiger partial charge in [-0.2, -0.15) is 0 Å². The van der Waals surface area contributed by atoms with Crippen molar-refractivity contribution >= 4 is 17.9 Å². The number of hydrogen-bond acceptors (Lipinski definition) is 6. The summed E-state index contributed by atoms with van der Waals surface area (Å²) in [5.41, 5.74) is 0. The van der Waals surface area contributed by atoms with Crippen molar-refractivity contribution < 1.29 is 28.6 Å². The molecule has 0 aromatic heterocycles. The van der Waals surface area contributed by atoms with E-state index in [9.17, 15) is 14.4 Å². The molecule has 1 unspecified atom stereocenters. The molecule has 6 nitrogen and oxygen atoms in total. The van der Waals surface area contributed by atoms with Crippen LogP contribution in [0.4, 0.5) is 0 Å². The molecule has 0 radical (unpaired) electrons. The highest BCUT2D eigenvalue weighted by molar-refractivity contribution is 5.71. The Labute approximate surface area is 479 Å². The Hall–Kier alpha value is -2.89. The molecule has 6 heteroatoms. The van der Waals surface area contributed by atoms with Gasteiger partial charge in [0.15, 0.2) is 6.10 Å². The molecule has 0 spiro atoms. The van der Waals surface area contributed by atoms with Gasteiger partial charge in [-0.25, -0.2) is 0 Å². The van der Waals surface area contributed by atoms with Gasteiger partial charge in [0.2, 0.25) is 0 Å². The van der Waals surface area contributed by atoms with Crippen LogP contribution in [0.15, 0.2) is 60.8 Å². The van der Waals surface area contributed by atoms with E-state index >= 15 is 0 Å². The number of carbonyl (C=O) groups is 3. The Kier molecular flexibility index (Phi) is 63.2. The van der Waals surface area contributed by atoms with E-state index in [1.54, 1.807) is 0 Å². The van der Waals surface area contributed by atoms with Crippen LogP contribution in [0.3, 0.4) is 0 Å². The largest absolute Gasteiger partial charge is 0.462 e. The lowest BCUT2D eigenvalue weighted by molar-refractivity contribution is -0.167. The molecule has 0 rings (SSSR count). The van der Waals surface area contributed by atoms with Crippen molar-refractivity contribution in [2.75, 3.05) is 13.2 Å².